The zero-order chi connectivity index (χ0) is 15.9. The van der Waals surface area contributed by atoms with Gasteiger partial charge >= 0.3 is 0 Å². The van der Waals surface area contributed by atoms with Crippen molar-refractivity contribution >= 4 is 22.6 Å². The molecule has 0 fully saturated rings. The molecular formula is C19H16INO2. The van der Waals surface area contributed by atoms with Crippen LogP contribution in [0, 0.1) is 3.57 Å². The van der Waals surface area contributed by atoms with Crippen molar-refractivity contribution in [1.82, 2.24) is 4.98 Å². The molecule has 2 aromatic carbocycles. The highest BCUT2D eigenvalue weighted by Crippen LogP contribution is 2.21. The van der Waals surface area contributed by atoms with Crippen LogP contribution in [-0.4, -0.2) is 4.98 Å². The van der Waals surface area contributed by atoms with Crippen LogP contribution in [0.5, 0.6) is 11.8 Å². The molecule has 0 saturated carbocycles. The van der Waals surface area contributed by atoms with Crippen molar-refractivity contribution in [2.75, 3.05) is 0 Å². The fraction of sp³-hybridized carbons (Fsp3) is 0.105. The number of pyridine rings is 1. The van der Waals surface area contributed by atoms with Crippen LogP contribution < -0.4 is 9.47 Å². The van der Waals surface area contributed by atoms with Gasteiger partial charge in [-0.15, -0.1) is 0 Å². The van der Waals surface area contributed by atoms with Crippen molar-refractivity contribution < 1.29 is 9.47 Å². The lowest BCUT2D eigenvalue weighted by Gasteiger charge is -2.09. The van der Waals surface area contributed by atoms with Crippen LogP contribution in [0.25, 0.3) is 0 Å². The van der Waals surface area contributed by atoms with Gasteiger partial charge in [-0.05, 0) is 33.7 Å². The minimum atomic E-state index is 0.492. The van der Waals surface area contributed by atoms with Crippen LogP contribution in [0.1, 0.15) is 11.1 Å². The minimum absolute atomic E-state index is 0.492. The molecule has 1 heterocycles. The standard InChI is InChI=1S/C19H16INO2/c20-17-11-18(22-13-15-7-3-1-4-8-15)21-19(12-17)23-14-16-9-5-2-6-10-16/h1-12H,13-14H2. The van der Waals surface area contributed by atoms with Crippen LogP contribution in [0.4, 0.5) is 0 Å². The zero-order valence-corrected chi connectivity index (χ0v) is 14.6. The molecule has 0 spiro atoms. The molecule has 1 aromatic heterocycles. The van der Waals surface area contributed by atoms with Gasteiger partial charge < -0.3 is 9.47 Å². The summed E-state index contributed by atoms with van der Waals surface area (Å²) >= 11 is 2.24. The Hall–Kier alpha value is -2.08. The lowest BCUT2D eigenvalue weighted by Crippen LogP contribution is -2.01. The number of halogens is 1. The smallest absolute Gasteiger partial charge is 0.217 e. The van der Waals surface area contributed by atoms with Crippen molar-refractivity contribution in [3.8, 4) is 11.8 Å². The lowest BCUT2D eigenvalue weighted by molar-refractivity contribution is 0.267. The highest BCUT2D eigenvalue weighted by molar-refractivity contribution is 14.1. The molecule has 0 bridgehead atoms. The van der Waals surface area contributed by atoms with Crippen LogP contribution >= 0.6 is 22.6 Å². The van der Waals surface area contributed by atoms with Gasteiger partial charge in [0.05, 0.1) is 0 Å². The van der Waals surface area contributed by atoms with E-state index in [1.807, 2.05) is 72.8 Å². The van der Waals surface area contributed by atoms with Crippen LogP contribution in [0.2, 0.25) is 0 Å². The van der Waals surface area contributed by atoms with Gasteiger partial charge in [0.1, 0.15) is 13.2 Å². The van der Waals surface area contributed by atoms with Gasteiger partial charge in [0.25, 0.3) is 0 Å². The molecule has 0 N–H and O–H groups in total. The first kappa shape index (κ1) is 15.8. The first-order valence-corrected chi connectivity index (χ1v) is 8.38. The van der Waals surface area contributed by atoms with E-state index in [-0.39, 0.29) is 0 Å². The third-order valence-corrected chi connectivity index (χ3v) is 3.83. The molecule has 0 aliphatic heterocycles. The maximum Gasteiger partial charge on any atom is 0.217 e. The van der Waals surface area contributed by atoms with Crippen LogP contribution in [0.15, 0.2) is 72.8 Å². The topological polar surface area (TPSA) is 31.4 Å². The second kappa shape index (κ2) is 7.97. The van der Waals surface area contributed by atoms with Gasteiger partial charge in [-0.3, -0.25) is 0 Å². The maximum absolute atomic E-state index is 5.77. The number of hydrogen-bond acceptors (Lipinski definition) is 3. The van der Waals surface area contributed by atoms with Gasteiger partial charge in [-0.1, -0.05) is 60.7 Å². The largest absolute Gasteiger partial charge is 0.473 e. The number of benzene rings is 2. The fourth-order valence-corrected chi connectivity index (χ4v) is 2.59. The van der Waals surface area contributed by atoms with E-state index in [4.69, 9.17) is 9.47 Å². The Morgan fingerprint density at radius 1 is 0.696 bits per heavy atom. The Kier molecular flexibility index (Phi) is 5.47. The molecule has 4 heteroatoms. The van der Waals surface area contributed by atoms with E-state index < -0.39 is 0 Å². The molecule has 3 nitrogen and oxygen atoms in total. The molecular weight excluding hydrogens is 401 g/mol. The highest BCUT2D eigenvalue weighted by Gasteiger charge is 2.04. The lowest BCUT2D eigenvalue weighted by atomic mass is 10.2. The zero-order valence-electron chi connectivity index (χ0n) is 12.5. The average Bonchev–Trinajstić information content (AvgIpc) is 2.60. The second-order valence-electron chi connectivity index (χ2n) is 5.01. The first-order valence-electron chi connectivity index (χ1n) is 7.30. The molecule has 0 amide bonds. The monoisotopic (exact) mass is 417 g/mol. The molecule has 0 aliphatic rings. The Labute approximate surface area is 149 Å². The average molecular weight is 417 g/mol. The molecule has 0 unspecified atom stereocenters. The number of ether oxygens (including phenoxy) is 2. The maximum atomic E-state index is 5.77. The summed E-state index contributed by atoms with van der Waals surface area (Å²) in [5.41, 5.74) is 2.22. The number of aromatic nitrogens is 1. The third-order valence-electron chi connectivity index (χ3n) is 3.20. The van der Waals surface area contributed by atoms with E-state index in [2.05, 4.69) is 27.6 Å². The van der Waals surface area contributed by atoms with E-state index in [0.29, 0.717) is 25.0 Å². The Balaban J connectivity index is 1.64. The molecule has 0 aliphatic carbocycles. The van der Waals surface area contributed by atoms with E-state index >= 15 is 0 Å². The van der Waals surface area contributed by atoms with E-state index in [9.17, 15) is 0 Å². The Morgan fingerprint density at radius 2 is 1.13 bits per heavy atom. The summed E-state index contributed by atoms with van der Waals surface area (Å²) in [7, 11) is 0. The van der Waals surface area contributed by atoms with Crippen molar-refractivity contribution in [1.29, 1.82) is 0 Å². The van der Waals surface area contributed by atoms with Crippen LogP contribution in [0.3, 0.4) is 0 Å². The van der Waals surface area contributed by atoms with Gasteiger partial charge in [-0.2, -0.15) is 4.98 Å². The SMILES string of the molecule is Ic1cc(OCc2ccccc2)nc(OCc2ccccc2)c1. The predicted octanol–water partition coefficient (Wildman–Crippen LogP) is 4.84. The third kappa shape index (κ3) is 4.96. The van der Waals surface area contributed by atoms with Crippen molar-refractivity contribution in [2.45, 2.75) is 13.2 Å². The Bertz CT molecular complexity index is 686. The van der Waals surface area contributed by atoms with E-state index in [1.54, 1.807) is 0 Å². The normalized spacial score (nSPS) is 10.3. The molecule has 0 atom stereocenters. The van der Waals surface area contributed by atoms with Gasteiger partial charge in [-0.25, -0.2) is 0 Å². The van der Waals surface area contributed by atoms with Crippen molar-refractivity contribution in [3.63, 3.8) is 0 Å². The summed E-state index contributed by atoms with van der Waals surface area (Å²) < 4.78 is 12.6. The summed E-state index contributed by atoms with van der Waals surface area (Å²) in [5, 5.41) is 0. The molecule has 23 heavy (non-hydrogen) atoms. The second-order valence-corrected chi connectivity index (χ2v) is 6.26. The quantitative estimate of drug-likeness (QED) is 0.538. The highest BCUT2D eigenvalue weighted by atomic mass is 127. The van der Waals surface area contributed by atoms with E-state index in [1.165, 1.54) is 0 Å². The van der Waals surface area contributed by atoms with Crippen molar-refractivity contribution in [2.24, 2.45) is 0 Å². The Morgan fingerprint density at radius 3 is 1.57 bits per heavy atom. The summed E-state index contributed by atoms with van der Waals surface area (Å²) in [6, 6.07) is 23.9. The van der Waals surface area contributed by atoms with Gasteiger partial charge in [0.2, 0.25) is 11.8 Å². The summed E-state index contributed by atoms with van der Waals surface area (Å²) in [4.78, 5) is 4.41. The van der Waals surface area contributed by atoms with Gasteiger partial charge in [0, 0.05) is 15.7 Å². The summed E-state index contributed by atoms with van der Waals surface area (Å²) in [6.07, 6.45) is 0. The van der Waals surface area contributed by atoms with Crippen LogP contribution in [-0.2, 0) is 13.2 Å². The number of rotatable bonds is 6. The molecule has 0 radical (unpaired) electrons. The molecule has 3 rings (SSSR count). The molecule has 3 aromatic rings. The van der Waals surface area contributed by atoms with E-state index in [0.717, 1.165) is 14.7 Å². The predicted molar refractivity (Wildman–Crippen MR) is 98.5 cm³/mol. The molecule has 116 valence electrons. The minimum Gasteiger partial charge on any atom is -0.473 e. The first-order chi connectivity index (χ1) is 11.3. The van der Waals surface area contributed by atoms with Gasteiger partial charge in [0.15, 0.2) is 0 Å². The summed E-state index contributed by atoms with van der Waals surface area (Å²) in [6.45, 7) is 0.984. The van der Waals surface area contributed by atoms with Crippen molar-refractivity contribution in [3.05, 3.63) is 87.5 Å². The molecule has 0 saturated heterocycles. The fourth-order valence-electron chi connectivity index (χ4n) is 2.06. The number of nitrogens with zero attached hydrogens (tertiary/aromatic N) is 1. The number of hydrogen-bond donors (Lipinski definition) is 0. The summed E-state index contributed by atoms with van der Waals surface area (Å²) in [5.74, 6) is 1.15.